The van der Waals surface area contributed by atoms with E-state index in [9.17, 15) is 13.2 Å². The molecule has 1 aliphatic rings. The van der Waals surface area contributed by atoms with Crippen LogP contribution in [0.5, 0.6) is 0 Å². The van der Waals surface area contributed by atoms with E-state index in [0.717, 1.165) is 0 Å². The van der Waals surface area contributed by atoms with E-state index in [1.807, 2.05) is 0 Å². The number of sulfonamides is 1. The lowest BCUT2D eigenvalue weighted by atomic mass is 10.2. The molecule has 1 heterocycles. The Hall–Kier alpha value is -0.820. The van der Waals surface area contributed by atoms with Crippen molar-refractivity contribution >= 4 is 39.1 Å². The van der Waals surface area contributed by atoms with Crippen molar-refractivity contribution < 1.29 is 13.2 Å². The zero-order chi connectivity index (χ0) is 14.0. The zero-order valence-electron chi connectivity index (χ0n) is 9.82. The van der Waals surface area contributed by atoms with Crippen LogP contribution in [-0.4, -0.2) is 26.9 Å². The first-order chi connectivity index (χ1) is 8.88. The van der Waals surface area contributed by atoms with Crippen molar-refractivity contribution in [2.45, 2.75) is 23.8 Å². The van der Waals surface area contributed by atoms with E-state index in [2.05, 4.69) is 10.0 Å². The first-order valence-electron chi connectivity index (χ1n) is 5.62. The third-order valence-corrected chi connectivity index (χ3v) is 4.97. The summed E-state index contributed by atoms with van der Waals surface area (Å²) in [7, 11) is -3.65. The molecule has 1 amide bonds. The first kappa shape index (κ1) is 14.6. The molecule has 1 atom stereocenters. The smallest absolute Gasteiger partial charge is 0.240 e. The molecule has 0 aliphatic carbocycles. The molecule has 0 bridgehead atoms. The predicted molar refractivity (Wildman–Crippen MR) is 72.8 cm³/mol. The van der Waals surface area contributed by atoms with E-state index in [4.69, 9.17) is 23.2 Å². The van der Waals surface area contributed by atoms with Crippen LogP contribution in [0.15, 0.2) is 23.1 Å². The van der Waals surface area contributed by atoms with Crippen molar-refractivity contribution in [1.82, 2.24) is 10.0 Å². The summed E-state index contributed by atoms with van der Waals surface area (Å²) in [5, 5.41) is 3.16. The Morgan fingerprint density at radius 2 is 2.05 bits per heavy atom. The molecule has 1 unspecified atom stereocenters. The van der Waals surface area contributed by atoms with Gasteiger partial charge in [-0.25, -0.2) is 13.1 Å². The number of hydrogen-bond donors (Lipinski definition) is 2. The van der Waals surface area contributed by atoms with Gasteiger partial charge in [-0.05, 0) is 24.6 Å². The topological polar surface area (TPSA) is 75.3 Å². The molecule has 0 spiro atoms. The van der Waals surface area contributed by atoms with Gasteiger partial charge >= 0.3 is 0 Å². The number of carbonyl (C=O) groups is 1. The third-order valence-electron chi connectivity index (χ3n) is 2.81. The molecule has 0 aromatic heterocycles. The highest BCUT2D eigenvalue weighted by molar-refractivity contribution is 7.89. The van der Waals surface area contributed by atoms with E-state index >= 15 is 0 Å². The lowest BCUT2D eigenvalue weighted by Gasteiger charge is -2.12. The fraction of sp³-hybridized carbons (Fsp3) is 0.364. The molecule has 1 saturated heterocycles. The van der Waals surface area contributed by atoms with Crippen LogP contribution in [0, 0.1) is 0 Å². The summed E-state index contributed by atoms with van der Waals surface area (Å²) < 4.78 is 26.5. The van der Waals surface area contributed by atoms with Crippen molar-refractivity contribution in [3.63, 3.8) is 0 Å². The van der Waals surface area contributed by atoms with Crippen LogP contribution in [-0.2, 0) is 14.8 Å². The van der Waals surface area contributed by atoms with Gasteiger partial charge in [0.2, 0.25) is 15.9 Å². The molecule has 1 aromatic carbocycles. The SMILES string of the molecule is O=C1CCC(CNS(=O)(=O)c2ccc(Cl)c(Cl)c2)N1. The summed E-state index contributed by atoms with van der Waals surface area (Å²) in [5.41, 5.74) is 0. The molecular weight excluding hydrogens is 311 g/mol. The summed E-state index contributed by atoms with van der Waals surface area (Å²) in [6.07, 6.45) is 1.06. The minimum absolute atomic E-state index is 0.0474. The van der Waals surface area contributed by atoms with Crippen LogP contribution >= 0.6 is 23.2 Å². The van der Waals surface area contributed by atoms with Crippen LogP contribution in [0.1, 0.15) is 12.8 Å². The number of rotatable bonds is 4. The summed E-state index contributed by atoms with van der Waals surface area (Å²) in [5.74, 6) is -0.0567. The fourth-order valence-corrected chi connectivity index (χ4v) is 3.24. The van der Waals surface area contributed by atoms with Gasteiger partial charge in [0.15, 0.2) is 0 Å². The first-order valence-corrected chi connectivity index (χ1v) is 7.86. The average molecular weight is 323 g/mol. The Bertz CT molecular complexity index is 604. The second kappa shape index (κ2) is 5.66. The van der Waals surface area contributed by atoms with Crippen molar-refractivity contribution in [2.75, 3.05) is 6.54 Å². The normalized spacial score (nSPS) is 19.5. The minimum atomic E-state index is -3.65. The summed E-state index contributed by atoms with van der Waals surface area (Å²) in [6.45, 7) is 0.161. The lowest BCUT2D eigenvalue weighted by molar-refractivity contribution is -0.119. The van der Waals surface area contributed by atoms with Crippen molar-refractivity contribution in [3.05, 3.63) is 28.2 Å². The third kappa shape index (κ3) is 3.60. The van der Waals surface area contributed by atoms with E-state index in [1.165, 1.54) is 18.2 Å². The Morgan fingerprint density at radius 1 is 1.32 bits per heavy atom. The molecule has 0 radical (unpaired) electrons. The monoisotopic (exact) mass is 322 g/mol. The molecule has 1 aliphatic heterocycles. The second-order valence-electron chi connectivity index (χ2n) is 4.23. The van der Waals surface area contributed by atoms with Gasteiger partial charge in [-0.15, -0.1) is 0 Å². The summed E-state index contributed by atoms with van der Waals surface area (Å²) in [6, 6.07) is 3.93. The molecule has 19 heavy (non-hydrogen) atoms. The van der Waals surface area contributed by atoms with Gasteiger partial charge in [0.1, 0.15) is 0 Å². The van der Waals surface area contributed by atoms with E-state index in [-0.39, 0.29) is 28.4 Å². The molecule has 2 rings (SSSR count). The van der Waals surface area contributed by atoms with Crippen LogP contribution in [0.2, 0.25) is 10.0 Å². The second-order valence-corrected chi connectivity index (χ2v) is 6.81. The molecule has 1 fully saturated rings. The number of carbonyl (C=O) groups excluding carboxylic acids is 1. The molecular formula is C11H12Cl2N2O3S. The maximum Gasteiger partial charge on any atom is 0.240 e. The largest absolute Gasteiger partial charge is 0.352 e. The van der Waals surface area contributed by atoms with Crippen molar-refractivity contribution in [2.24, 2.45) is 0 Å². The number of hydrogen-bond acceptors (Lipinski definition) is 3. The van der Waals surface area contributed by atoms with Crippen LogP contribution < -0.4 is 10.0 Å². The number of benzene rings is 1. The molecule has 104 valence electrons. The van der Waals surface area contributed by atoms with Crippen LogP contribution in [0.4, 0.5) is 0 Å². The maximum atomic E-state index is 12.0. The van der Waals surface area contributed by atoms with Gasteiger partial charge in [-0.2, -0.15) is 0 Å². The fourth-order valence-electron chi connectivity index (χ4n) is 1.77. The summed E-state index contributed by atoms with van der Waals surface area (Å²) >= 11 is 11.5. The maximum absolute atomic E-state index is 12.0. The standard InChI is InChI=1S/C11H12Cl2N2O3S/c12-9-3-2-8(5-10(9)13)19(17,18)14-6-7-1-4-11(16)15-7/h2-3,5,7,14H,1,4,6H2,(H,15,16). The van der Waals surface area contributed by atoms with E-state index < -0.39 is 10.0 Å². The highest BCUT2D eigenvalue weighted by Crippen LogP contribution is 2.24. The van der Waals surface area contributed by atoms with Gasteiger partial charge in [0, 0.05) is 19.0 Å². The van der Waals surface area contributed by atoms with Crippen molar-refractivity contribution in [3.8, 4) is 0 Å². The molecule has 2 N–H and O–H groups in total. The highest BCUT2D eigenvalue weighted by atomic mass is 35.5. The zero-order valence-corrected chi connectivity index (χ0v) is 12.1. The lowest BCUT2D eigenvalue weighted by Crippen LogP contribution is -2.38. The predicted octanol–water partition coefficient (Wildman–Crippen LogP) is 1.55. The Balaban J connectivity index is 2.05. The highest BCUT2D eigenvalue weighted by Gasteiger charge is 2.23. The Kier molecular flexibility index (Phi) is 4.35. The number of nitrogens with one attached hydrogen (secondary N) is 2. The van der Waals surface area contributed by atoms with Gasteiger partial charge in [-0.1, -0.05) is 23.2 Å². The van der Waals surface area contributed by atoms with Crippen LogP contribution in [0.3, 0.4) is 0 Å². The molecule has 5 nitrogen and oxygen atoms in total. The quantitative estimate of drug-likeness (QED) is 0.883. The van der Waals surface area contributed by atoms with Gasteiger partial charge in [0.25, 0.3) is 0 Å². The Labute approximate surface area is 121 Å². The van der Waals surface area contributed by atoms with Gasteiger partial charge in [-0.3, -0.25) is 4.79 Å². The van der Waals surface area contributed by atoms with Gasteiger partial charge < -0.3 is 5.32 Å². The van der Waals surface area contributed by atoms with Crippen molar-refractivity contribution in [1.29, 1.82) is 0 Å². The average Bonchev–Trinajstić information content (AvgIpc) is 2.76. The molecule has 1 aromatic rings. The van der Waals surface area contributed by atoms with Crippen LogP contribution in [0.25, 0.3) is 0 Å². The number of halogens is 2. The number of amides is 1. The van der Waals surface area contributed by atoms with Gasteiger partial charge in [0.05, 0.1) is 14.9 Å². The molecule has 8 heteroatoms. The Morgan fingerprint density at radius 3 is 2.63 bits per heavy atom. The summed E-state index contributed by atoms with van der Waals surface area (Å²) in [4.78, 5) is 11.1. The van der Waals surface area contributed by atoms with E-state index in [1.54, 1.807) is 0 Å². The van der Waals surface area contributed by atoms with E-state index in [0.29, 0.717) is 17.9 Å². The minimum Gasteiger partial charge on any atom is -0.352 e. The molecule has 0 saturated carbocycles.